The number of hydrogen-bond donors (Lipinski definition) is 2. The molecule has 2 N–H and O–H groups in total. The Labute approximate surface area is 146 Å². The van der Waals surface area contributed by atoms with Gasteiger partial charge in [-0.25, -0.2) is 13.6 Å². The number of ether oxygens (including phenoxy) is 1. The lowest BCUT2D eigenvalue weighted by Crippen LogP contribution is -2.32. The van der Waals surface area contributed by atoms with Gasteiger partial charge in [0, 0.05) is 11.8 Å². The Morgan fingerprint density at radius 1 is 1.08 bits per heavy atom. The molecule has 0 saturated carbocycles. The van der Waals surface area contributed by atoms with Crippen molar-refractivity contribution in [3.63, 3.8) is 0 Å². The molecule has 0 heterocycles. The average molecular weight is 348 g/mol. The molecule has 0 atom stereocenters. The van der Waals surface area contributed by atoms with E-state index in [1.165, 1.54) is 6.07 Å². The van der Waals surface area contributed by atoms with Gasteiger partial charge in [-0.2, -0.15) is 0 Å². The van der Waals surface area contributed by atoms with Crippen molar-refractivity contribution in [1.82, 2.24) is 5.32 Å². The number of amides is 2. The van der Waals surface area contributed by atoms with E-state index in [0.29, 0.717) is 6.61 Å². The summed E-state index contributed by atoms with van der Waals surface area (Å²) >= 11 is 0. The van der Waals surface area contributed by atoms with E-state index in [0.717, 1.165) is 23.4 Å². The van der Waals surface area contributed by atoms with Crippen molar-refractivity contribution in [2.45, 2.75) is 26.2 Å². The van der Waals surface area contributed by atoms with Crippen LogP contribution < -0.4 is 15.4 Å². The van der Waals surface area contributed by atoms with E-state index in [1.807, 2.05) is 24.3 Å². The van der Waals surface area contributed by atoms with Crippen molar-refractivity contribution in [3.8, 4) is 5.75 Å². The molecule has 6 heteroatoms. The van der Waals surface area contributed by atoms with Gasteiger partial charge in [-0.1, -0.05) is 32.9 Å². The van der Waals surface area contributed by atoms with Crippen LogP contribution >= 0.6 is 0 Å². The zero-order valence-corrected chi connectivity index (χ0v) is 14.5. The number of nitrogens with one attached hydrogen (secondary N) is 2. The van der Waals surface area contributed by atoms with Crippen LogP contribution in [0.1, 0.15) is 26.3 Å². The Balaban J connectivity index is 1.77. The Hall–Kier alpha value is -2.63. The van der Waals surface area contributed by atoms with Crippen LogP contribution in [0.3, 0.4) is 0 Å². The van der Waals surface area contributed by atoms with E-state index in [2.05, 4.69) is 31.4 Å². The smallest absolute Gasteiger partial charge is 0.319 e. The van der Waals surface area contributed by atoms with Crippen LogP contribution in [-0.4, -0.2) is 19.2 Å². The molecule has 0 aliphatic carbocycles. The lowest BCUT2D eigenvalue weighted by Gasteiger charge is -2.19. The van der Waals surface area contributed by atoms with E-state index in [4.69, 9.17) is 4.74 Å². The first-order valence-corrected chi connectivity index (χ1v) is 7.99. The number of carbonyl (C=O) groups excluding carboxylic acids is 1. The molecular formula is C19H22F2N2O2. The van der Waals surface area contributed by atoms with E-state index in [9.17, 15) is 13.6 Å². The number of halogens is 2. The number of urea groups is 1. The summed E-state index contributed by atoms with van der Waals surface area (Å²) in [5.74, 6) is -1.24. The number of hydrogen-bond acceptors (Lipinski definition) is 2. The third-order valence-corrected chi connectivity index (χ3v) is 3.53. The summed E-state index contributed by atoms with van der Waals surface area (Å²) in [5, 5.41) is 5.01. The maximum atomic E-state index is 13.1. The molecule has 0 unspecified atom stereocenters. The average Bonchev–Trinajstić information content (AvgIpc) is 2.55. The molecular weight excluding hydrogens is 326 g/mol. The largest absolute Gasteiger partial charge is 0.492 e. The molecule has 0 fully saturated rings. The second kappa shape index (κ2) is 7.96. The molecule has 2 amide bonds. The molecule has 0 aromatic heterocycles. The summed E-state index contributed by atoms with van der Waals surface area (Å²) in [7, 11) is 0. The first kappa shape index (κ1) is 18.7. The second-order valence-corrected chi connectivity index (χ2v) is 6.64. The first-order chi connectivity index (χ1) is 11.8. The van der Waals surface area contributed by atoms with Crippen molar-refractivity contribution in [1.29, 1.82) is 0 Å². The van der Waals surface area contributed by atoms with Crippen LogP contribution in [0, 0.1) is 11.6 Å². The van der Waals surface area contributed by atoms with Crippen LogP contribution in [0.15, 0.2) is 42.5 Å². The highest BCUT2D eigenvalue weighted by molar-refractivity contribution is 5.89. The summed E-state index contributed by atoms with van der Waals surface area (Å²) < 4.78 is 31.5. The minimum Gasteiger partial charge on any atom is -0.492 e. The standard InChI is InChI=1S/C19H22F2N2O2/c1-19(2,3)13-5-4-6-15(11-13)25-10-9-22-18(24)23-14-7-8-16(20)17(21)12-14/h4-8,11-12H,9-10H2,1-3H3,(H2,22,23,24). The van der Waals surface area contributed by atoms with Gasteiger partial charge in [0.1, 0.15) is 12.4 Å². The lowest BCUT2D eigenvalue weighted by atomic mass is 9.87. The first-order valence-electron chi connectivity index (χ1n) is 7.99. The van der Waals surface area contributed by atoms with E-state index >= 15 is 0 Å². The highest BCUT2D eigenvalue weighted by atomic mass is 19.2. The second-order valence-electron chi connectivity index (χ2n) is 6.64. The summed E-state index contributed by atoms with van der Waals surface area (Å²) in [5.41, 5.74) is 1.37. The SMILES string of the molecule is CC(C)(C)c1cccc(OCCNC(=O)Nc2ccc(F)c(F)c2)c1. The molecule has 0 radical (unpaired) electrons. The van der Waals surface area contributed by atoms with Crippen LogP contribution in [0.4, 0.5) is 19.3 Å². The highest BCUT2D eigenvalue weighted by Crippen LogP contribution is 2.25. The monoisotopic (exact) mass is 348 g/mol. The molecule has 2 rings (SSSR count). The summed E-state index contributed by atoms with van der Waals surface area (Å²) in [6.45, 7) is 6.93. The number of benzene rings is 2. The van der Waals surface area contributed by atoms with E-state index in [-0.39, 0.29) is 17.6 Å². The fraction of sp³-hybridized carbons (Fsp3) is 0.316. The summed E-state index contributed by atoms with van der Waals surface area (Å²) in [6.07, 6.45) is 0. The molecule has 134 valence electrons. The quantitative estimate of drug-likeness (QED) is 0.784. The zero-order chi connectivity index (χ0) is 18.4. The number of anilines is 1. The van der Waals surface area contributed by atoms with Gasteiger partial charge in [-0.15, -0.1) is 0 Å². The lowest BCUT2D eigenvalue weighted by molar-refractivity contribution is 0.247. The molecule has 0 saturated heterocycles. The molecule has 25 heavy (non-hydrogen) atoms. The molecule has 0 aliphatic rings. The number of rotatable bonds is 5. The molecule has 2 aromatic carbocycles. The van der Waals surface area contributed by atoms with Gasteiger partial charge in [0.05, 0.1) is 6.54 Å². The molecule has 2 aromatic rings. The maximum Gasteiger partial charge on any atom is 0.319 e. The predicted molar refractivity (Wildman–Crippen MR) is 94.0 cm³/mol. The van der Waals surface area contributed by atoms with Gasteiger partial charge in [-0.3, -0.25) is 0 Å². The normalized spacial score (nSPS) is 11.1. The van der Waals surface area contributed by atoms with Gasteiger partial charge in [0.15, 0.2) is 11.6 Å². The molecule has 0 spiro atoms. The molecule has 0 bridgehead atoms. The van der Waals surface area contributed by atoms with Crippen molar-refractivity contribution >= 4 is 11.7 Å². The topological polar surface area (TPSA) is 50.4 Å². The highest BCUT2D eigenvalue weighted by Gasteiger charge is 2.13. The van der Waals surface area contributed by atoms with Crippen LogP contribution in [0.25, 0.3) is 0 Å². The Kier molecular flexibility index (Phi) is 5.96. The Bertz CT molecular complexity index is 742. The predicted octanol–water partition coefficient (Wildman–Crippen LogP) is 4.46. The Morgan fingerprint density at radius 2 is 1.84 bits per heavy atom. The number of carbonyl (C=O) groups is 1. The van der Waals surface area contributed by atoms with Gasteiger partial charge in [0.25, 0.3) is 0 Å². The van der Waals surface area contributed by atoms with Gasteiger partial charge >= 0.3 is 6.03 Å². The van der Waals surface area contributed by atoms with E-state index in [1.54, 1.807) is 0 Å². The summed E-state index contributed by atoms with van der Waals surface area (Å²) in [6, 6.07) is 10.4. The minimum absolute atomic E-state index is 0.0297. The summed E-state index contributed by atoms with van der Waals surface area (Å²) in [4.78, 5) is 11.7. The fourth-order valence-electron chi connectivity index (χ4n) is 2.14. The van der Waals surface area contributed by atoms with Gasteiger partial charge < -0.3 is 15.4 Å². The van der Waals surface area contributed by atoms with E-state index < -0.39 is 17.7 Å². The van der Waals surface area contributed by atoms with Crippen LogP contribution in [0.2, 0.25) is 0 Å². The van der Waals surface area contributed by atoms with Crippen molar-refractivity contribution in [2.24, 2.45) is 0 Å². The van der Waals surface area contributed by atoms with Crippen LogP contribution in [-0.2, 0) is 5.41 Å². The minimum atomic E-state index is -1.01. The molecule has 0 aliphatic heterocycles. The van der Waals surface area contributed by atoms with Gasteiger partial charge in [-0.05, 0) is 35.2 Å². The zero-order valence-electron chi connectivity index (χ0n) is 14.5. The van der Waals surface area contributed by atoms with Crippen molar-refractivity contribution in [2.75, 3.05) is 18.5 Å². The fourth-order valence-corrected chi connectivity index (χ4v) is 2.14. The van der Waals surface area contributed by atoms with Crippen LogP contribution in [0.5, 0.6) is 5.75 Å². The Morgan fingerprint density at radius 3 is 2.52 bits per heavy atom. The van der Waals surface area contributed by atoms with Gasteiger partial charge in [0.2, 0.25) is 0 Å². The third kappa shape index (κ3) is 5.74. The molecule has 4 nitrogen and oxygen atoms in total. The third-order valence-electron chi connectivity index (χ3n) is 3.53. The van der Waals surface area contributed by atoms with Crippen molar-refractivity contribution in [3.05, 3.63) is 59.7 Å². The maximum absolute atomic E-state index is 13.1. The van der Waals surface area contributed by atoms with Crippen molar-refractivity contribution < 1.29 is 18.3 Å².